The summed E-state index contributed by atoms with van der Waals surface area (Å²) < 4.78 is 7.05. The highest BCUT2D eigenvalue weighted by atomic mass is 16.5. The lowest BCUT2D eigenvalue weighted by molar-refractivity contribution is 0.0945. The lowest BCUT2D eigenvalue weighted by Gasteiger charge is -2.01. The maximum Gasteiger partial charge on any atom is 0.271 e. The summed E-state index contributed by atoms with van der Waals surface area (Å²) in [6.45, 7) is 3.48. The Morgan fingerprint density at radius 3 is 3.27 bits per heavy atom. The minimum atomic E-state index is -0.170. The Kier molecular flexibility index (Phi) is 4.50. The molecule has 0 saturated heterocycles. The SMILES string of the molecule is COCc1cc(CNC(=O)c2cn3c(n2)CCNCC3)[nH]n1. The van der Waals surface area contributed by atoms with E-state index in [0.717, 1.165) is 43.3 Å². The largest absolute Gasteiger partial charge is 0.378 e. The van der Waals surface area contributed by atoms with Crippen molar-refractivity contribution in [2.24, 2.45) is 0 Å². The molecule has 0 radical (unpaired) electrons. The molecule has 22 heavy (non-hydrogen) atoms. The molecule has 0 saturated carbocycles. The van der Waals surface area contributed by atoms with Crippen LogP contribution >= 0.6 is 0 Å². The van der Waals surface area contributed by atoms with Crippen LogP contribution in [0.25, 0.3) is 0 Å². The number of carbonyl (C=O) groups excluding carboxylic acids is 1. The molecule has 1 aliphatic heterocycles. The van der Waals surface area contributed by atoms with Crippen LogP contribution in [-0.4, -0.2) is 45.9 Å². The highest BCUT2D eigenvalue weighted by Crippen LogP contribution is 2.07. The molecular formula is C14H20N6O2. The van der Waals surface area contributed by atoms with E-state index in [9.17, 15) is 4.79 Å². The van der Waals surface area contributed by atoms with Gasteiger partial charge in [0, 0.05) is 39.4 Å². The van der Waals surface area contributed by atoms with Crippen molar-refractivity contribution >= 4 is 5.91 Å². The van der Waals surface area contributed by atoms with Crippen LogP contribution < -0.4 is 10.6 Å². The molecule has 3 N–H and O–H groups in total. The van der Waals surface area contributed by atoms with E-state index in [2.05, 4.69) is 25.8 Å². The van der Waals surface area contributed by atoms with E-state index in [1.807, 2.05) is 16.8 Å². The van der Waals surface area contributed by atoms with Crippen LogP contribution in [-0.2, 0) is 30.9 Å². The Hall–Kier alpha value is -2.19. The van der Waals surface area contributed by atoms with Gasteiger partial charge in [-0.25, -0.2) is 4.98 Å². The van der Waals surface area contributed by atoms with Crippen LogP contribution in [0.3, 0.4) is 0 Å². The van der Waals surface area contributed by atoms with E-state index in [1.54, 1.807) is 7.11 Å². The summed E-state index contributed by atoms with van der Waals surface area (Å²) in [4.78, 5) is 16.6. The first-order valence-corrected chi connectivity index (χ1v) is 7.33. The summed E-state index contributed by atoms with van der Waals surface area (Å²) in [6.07, 6.45) is 2.66. The highest BCUT2D eigenvalue weighted by Gasteiger charge is 2.15. The van der Waals surface area contributed by atoms with Gasteiger partial charge < -0.3 is 19.9 Å². The summed E-state index contributed by atoms with van der Waals surface area (Å²) in [6, 6.07) is 1.87. The summed E-state index contributed by atoms with van der Waals surface area (Å²) >= 11 is 0. The third-order valence-electron chi connectivity index (χ3n) is 3.56. The van der Waals surface area contributed by atoms with Gasteiger partial charge in [-0.05, 0) is 6.07 Å². The van der Waals surface area contributed by atoms with Crippen molar-refractivity contribution in [2.45, 2.75) is 26.1 Å². The lowest BCUT2D eigenvalue weighted by Crippen LogP contribution is -2.23. The molecule has 0 atom stereocenters. The number of nitrogens with zero attached hydrogens (tertiary/aromatic N) is 3. The fourth-order valence-electron chi connectivity index (χ4n) is 2.47. The smallest absolute Gasteiger partial charge is 0.271 e. The van der Waals surface area contributed by atoms with Gasteiger partial charge in [0.15, 0.2) is 0 Å². The van der Waals surface area contributed by atoms with Crippen molar-refractivity contribution in [1.82, 2.24) is 30.4 Å². The third-order valence-corrected chi connectivity index (χ3v) is 3.56. The van der Waals surface area contributed by atoms with Gasteiger partial charge in [-0.1, -0.05) is 0 Å². The maximum absolute atomic E-state index is 12.2. The van der Waals surface area contributed by atoms with E-state index in [1.165, 1.54) is 0 Å². The number of nitrogens with one attached hydrogen (secondary N) is 3. The van der Waals surface area contributed by atoms with Gasteiger partial charge in [-0.15, -0.1) is 0 Å². The van der Waals surface area contributed by atoms with Gasteiger partial charge in [-0.2, -0.15) is 5.10 Å². The van der Waals surface area contributed by atoms with Crippen LogP contribution in [0.15, 0.2) is 12.3 Å². The average Bonchev–Trinajstić information content (AvgIpc) is 3.07. The minimum absolute atomic E-state index is 0.170. The van der Waals surface area contributed by atoms with Crippen molar-refractivity contribution in [2.75, 3.05) is 20.2 Å². The van der Waals surface area contributed by atoms with E-state index < -0.39 is 0 Å². The number of rotatable bonds is 5. The number of carbonyl (C=O) groups is 1. The van der Waals surface area contributed by atoms with Crippen molar-refractivity contribution in [3.63, 3.8) is 0 Å². The minimum Gasteiger partial charge on any atom is -0.378 e. The van der Waals surface area contributed by atoms with Gasteiger partial charge >= 0.3 is 0 Å². The van der Waals surface area contributed by atoms with Crippen molar-refractivity contribution < 1.29 is 9.53 Å². The monoisotopic (exact) mass is 304 g/mol. The van der Waals surface area contributed by atoms with Gasteiger partial charge in [0.2, 0.25) is 0 Å². The topological polar surface area (TPSA) is 96.9 Å². The number of amides is 1. The second kappa shape index (κ2) is 6.71. The number of ether oxygens (including phenoxy) is 1. The normalized spacial score (nSPS) is 14.4. The number of fused-ring (bicyclic) bond motifs is 1. The molecule has 0 aliphatic carbocycles. The fourth-order valence-corrected chi connectivity index (χ4v) is 2.47. The van der Waals surface area contributed by atoms with E-state index >= 15 is 0 Å². The second-order valence-corrected chi connectivity index (χ2v) is 5.24. The Morgan fingerprint density at radius 1 is 1.50 bits per heavy atom. The van der Waals surface area contributed by atoms with Crippen LogP contribution in [0.5, 0.6) is 0 Å². The molecule has 8 nitrogen and oxygen atoms in total. The predicted octanol–water partition coefficient (Wildman–Crippen LogP) is -0.172. The predicted molar refractivity (Wildman–Crippen MR) is 79.3 cm³/mol. The van der Waals surface area contributed by atoms with Crippen molar-refractivity contribution in [1.29, 1.82) is 0 Å². The number of methoxy groups -OCH3 is 1. The van der Waals surface area contributed by atoms with E-state index in [-0.39, 0.29) is 5.91 Å². The maximum atomic E-state index is 12.2. The zero-order chi connectivity index (χ0) is 15.4. The van der Waals surface area contributed by atoms with Crippen molar-refractivity contribution in [3.05, 3.63) is 35.2 Å². The molecule has 2 aromatic rings. The molecule has 1 amide bonds. The summed E-state index contributed by atoms with van der Waals surface area (Å²) in [5, 5.41) is 13.1. The number of hydrogen-bond acceptors (Lipinski definition) is 5. The first-order chi connectivity index (χ1) is 10.8. The first-order valence-electron chi connectivity index (χ1n) is 7.33. The van der Waals surface area contributed by atoms with Gasteiger partial charge in [0.1, 0.15) is 11.5 Å². The molecule has 3 heterocycles. The zero-order valence-corrected chi connectivity index (χ0v) is 12.6. The van der Waals surface area contributed by atoms with Crippen LogP contribution in [0.4, 0.5) is 0 Å². The van der Waals surface area contributed by atoms with Crippen LogP contribution in [0.1, 0.15) is 27.7 Å². The molecule has 0 unspecified atom stereocenters. The van der Waals surface area contributed by atoms with Gasteiger partial charge in [-0.3, -0.25) is 9.89 Å². The van der Waals surface area contributed by atoms with Gasteiger partial charge in [0.05, 0.1) is 24.5 Å². The zero-order valence-electron chi connectivity index (χ0n) is 12.6. The summed E-state index contributed by atoms with van der Waals surface area (Å²) in [7, 11) is 1.62. The number of hydrogen-bond donors (Lipinski definition) is 3. The Balaban J connectivity index is 1.59. The Bertz CT molecular complexity index is 624. The Morgan fingerprint density at radius 2 is 2.41 bits per heavy atom. The molecule has 0 spiro atoms. The van der Waals surface area contributed by atoms with Crippen molar-refractivity contribution in [3.8, 4) is 0 Å². The molecule has 3 rings (SSSR count). The third kappa shape index (κ3) is 3.34. The standard InChI is InChI=1S/C14H20N6O2/c1-22-9-11-6-10(18-19-11)7-16-14(21)12-8-20-5-4-15-3-2-13(20)17-12/h6,8,15H,2-5,7,9H2,1H3,(H,16,21)(H,18,19). The number of aromatic amines is 1. The molecule has 0 fully saturated rings. The number of aromatic nitrogens is 4. The molecule has 118 valence electrons. The highest BCUT2D eigenvalue weighted by molar-refractivity contribution is 5.92. The number of H-pyrrole nitrogens is 1. The summed E-state index contributed by atoms with van der Waals surface area (Å²) in [5.74, 6) is 0.787. The first kappa shape index (κ1) is 14.7. The molecule has 1 aliphatic rings. The van der Waals surface area contributed by atoms with Crippen LogP contribution in [0, 0.1) is 0 Å². The van der Waals surface area contributed by atoms with E-state index in [0.29, 0.717) is 18.8 Å². The lowest BCUT2D eigenvalue weighted by atomic mass is 10.3. The quantitative estimate of drug-likeness (QED) is 0.712. The summed E-state index contributed by atoms with van der Waals surface area (Å²) in [5.41, 5.74) is 2.12. The fraction of sp³-hybridized carbons (Fsp3) is 0.500. The average molecular weight is 304 g/mol. The van der Waals surface area contributed by atoms with E-state index in [4.69, 9.17) is 4.74 Å². The van der Waals surface area contributed by atoms with Gasteiger partial charge in [0.25, 0.3) is 5.91 Å². The van der Waals surface area contributed by atoms with Crippen LogP contribution in [0.2, 0.25) is 0 Å². The molecule has 2 aromatic heterocycles. The number of imidazole rings is 1. The molecule has 8 heteroatoms. The second-order valence-electron chi connectivity index (χ2n) is 5.24. The molecular weight excluding hydrogens is 284 g/mol. The Labute approximate surface area is 128 Å². The molecule has 0 aromatic carbocycles. The molecule has 0 bridgehead atoms.